The Morgan fingerprint density at radius 2 is 1.86 bits per heavy atom. The number of aromatic nitrogens is 2. The Morgan fingerprint density at radius 1 is 1.11 bits per heavy atom. The molecule has 0 unspecified atom stereocenters. The number of hydrogen-bond acceptors (Lipinski definition) is 6. The van der Waals surface area contributed by atoms with Gasteiger partial charge in [-0.3, -0.25) is 9.78 Å². The molecule has 0 bridgehead atoms. The van der Waals surface area contributed by atoms with Crippen molar-refractivity contribution >= 4 is 12.1 Å². The molecule has 9 heteroatoms. The molecule has 2 aromatic rings. The van der Waals surface area contributed by atoms with E-state index in [0.29, 0.717) is 37.6 Å². The van der Waals surface area contributed by atoms with Crippen LogP contribution in [0.1, 0.15) is 22.9 Å². The van der Waals surface area contributed by atoms with E-state index in [4.69, 9.17) is 0 Å². The molecule has 3 heterocycles. The molecule has 1 fully saturated rings. The van der Waals surface area contributed by atoms with Crippen LogP contribution in [0.5, 0.6) is 0 Å². The number of anilines is 1. The third-order valence-corrected chi connectivity index (χ3v) is 4.49. The average molecular weight is 392 g/mol. The van der Waals surface area contributed by atoms with Crippen LogP contribution in [0, 0.1) is 0 Å². The van der Waals surface area contributed by atoms with Gasteiger partial charge in [0.2, 0.25) is 0 Å². The van der Waals surface area contributed by atoms with Crippen LogP contribution in [0.15, 0.2) is 48.9 Å². The summed E-state index contributed by atoms with van der Waals surface area (Å²) in [4.78, 5) is 22.2. The molecular formula is C19H19F3N4O2. The largest absolute Gasteiger partial charge is 0.433 e. The van der Waals surface area contributed by atoms with Gasteiger partial charge in [-0.05, 0) is 18.2 Å². The van der Waals surface area contributed by atoms with E-state index in [1.165, 1.54) is 12.1 Å². The minimum atomic E-state index is -4.53. The number of carbonyl (C=O) groups excluding carboxylic acids is 1. The van der Waals surface area contributed by atoms with Gasteiger partial charge in [0.25, 0.3) is 0 Å². The minimum absolute atomic E-state index is 0.259. The molecular weight excluding hydrogens is 373 g/mol. The summed E-state index contributed by atoms with van der Waals surface area (Å²) in [6.07, 6.45) is 0.849. The smallest absolute Gasteiger partial charge is 0.383 e. The van der Waals surface area contributed by atoms with Crippen LogP contribution < -0.4 is 4.90 Å². The van der Waals surface area contributed by atoms with Crippen LogP contribution in [-0.4, -0.2) is 52.4 Å². The quantitative estimate of drug-likeness (QED) is 0.623. The fourth-order valence-corrected chi connectivity index (χ4v) is 3.04. The highest BCUT2D eigenvalue weighted by Crippen LogP contribution is 2.32. The van der Waals surface area contributed by atoms with Crippen LogP contribution in [0.25, 0.3) is 0 Å². The summed E-state index contributed by atoms with van der Waals surface area (Å²) in [5.41, 5.74) is -0.245. The lowest BCUT2D eigenvalue weighted by molar-refractivity contribution is -0.141. The van der Waals surface area contributed by atoms with Crippen LogP contribution in [0.3, 0.4) is 0 Å². The first kappa shape index (κ1) is 19.8. The number of nitrogens with zero attached hydrogens (tertiary/aromatic N) is 4. The summed E-state index contributed by atoms with van der Waals surface area (Å²) in [6.45, 7) is 2.62. The van der Waals surface area contributed by atoms with Crippen molar-refractivity contribution in [1.29, 1.82) is 0 Å². The fourth-order valence-electron chi connectivity index (χ4n) is 3.04. The first-order valence-electron chi connectivity index (χ1n) is 8.67. The molecule has 0 saturated carbocycles. The summed E-state index contributed by atoms with van der Waals surface area (Å²) in [6, 6.07) is 5.44. The van der Waals surface area contributed by atoms with Crippen LogP contribution in [0.4, 0.5) is 19.0 Å². The Balaban J connectivity index is 1.78. The summed E-state index contributed by atoms with van der Waals surface area (Å²) in [7, 11) is 0. The third kappa shape index (κ3) is 4.48. The second-order valence-corrected chi connectivity index (χ2v) is 6.29. The van der Waals surface area contributed by atoms with Crippen molar-refractivity contribution in [3.63, 3.8) is 0 Å². The van der Waals surface area contributed by atoms with Gasteiger partial charge in [0.1, 0.15) is 23.9 Å². The molecule has 0 amide bonds. The number of pyridine rings is 2. The molecule has 1 N–H and O–H groups in total. The number of aliphatic hydroxyl groups excluding tert-OH is 1. The molecule has 0 aromatic carbocycles. The maximum absolute atomic E-state index is 12.7. The van der Waals surface area contributed by atoms with E-state index in [1.54, 1.807) is 24.5 Å². The van der Waals surface area contributed by atoms with Crippen molar-refractivity contribution in [3.8, 4) is 0 Å². The first-order chi connectivity index (χ1) is 13.4. The first-order valence-corrected chi connectivity index (χ1v) is 8.67. The van der Waals surface area contributed by atoms with Gasteiger partial charge in [0, 0.05) is 55.9 Å². The highest BCUT2D eigenvalue weighted by atomic mass is 19.4. The predicted molar refractivity (Wildman–Crippen MR) is 96.5 cm³/mol. The van der Waals surface area contributed by atoms with Crippen LogP contribution in [0.2, 0.25) is 0 Å². The van der Waals surface area contributed by atoms with Gasteiger partial charge >= 0.3 is 6.18 Å². The van der Waals surface area contributed by atoms with E-state index in [-0.39, 0.29) is 5.56 Å². The highest BCUT2D eigenvalue weighted by Gasteiger charge is 2.32. The van der Waals surface area contributed by atoms with Crippen molar-refractivity contribution in [3.05, 3.63) is 65.8 Å². The molecule has 1 aliphatic heterocycles. The molecule has 6 nitrogen and oxygen atoms in total. The van der Waals surface area contributed by atoms with Crippen molar-refractivity contribution in [2.45, 2.75) is 12.3 Å². The van der Waals surface area contributed by atoms with Crippen LogP contribution in [-0.2, 0) is 11.0 Å². The molecule has 2 aromatic heterocycles. The second-order valence-electron chi connectivity index (χ2n) is 6.29. The summed E-state index contributed by atoms with van der Waals surface area (Å²) in [5, 5.41) is 10.7. The molecule has 28 heavy (non-hydrogen) atoms. The molecule has 0 radical (unpaired) electrons. The van der Waals surface area contributed by atoms with Crippen molar-refractivity contribution in [1.82, 2.24) is 14.9 Å². The average Bonchev–Trinajstić information content (AvgIpc) is 2.71. The highest BCUT2D eigenvalue weighted by molar-refractivity contribution is 5.64. The van der Waals surface area contributed by atoms with Crippen molar-refractivity contribution < 1.29 is 23.1 Å². The number of alkyl halides is 3. The van der Waals surface area contributed by atoms with Crippen molar-refractivity contribution in [2.75, 3.05) is 31.1 Å². The number of aliphatic hydroxyl groups is 1. The summed E-state index contributed by atoms with van der Waals surface area (Å²) in [5.74, 6) is 0.578. The number of carbonyl (C=O) groups is 1. The van der Waals surface area contributed by atoms with E-state index in [0.717, 1.165) is 18.5 Å². The molecule has 1 saturated heterocycles. The molecule has 148 valence electrons. The van der Waals surface area contributed by atoms with E-state index >= 15 is 0 Å². The van der Waals surface area contributed by atoms with Gasteiger partial charge in [-0.25, -0.2) is 4.98 Å². The number of rotatable bonds is 5. The fraction of sp³-hybridized carbons (Fsp3) is 0.316. The molecule has 3 rings (SSSR count). The Morgan fingerprint density at radius 3 is 2.46 bits per heavy atom. The lowest BCUT2D eigenvalue weighted by Crippen LogP contribution is -2.44. The standard InChI is InChI=1S/C19H19F3N4O2/c20-19(21,22)16-5-4-14(13-24-16)17(28)15-3-1-6-23-18(15)26-10-8-25(9-11-26)7-2-12-27/h1-7,12-13,17,28H,8-11H2/t17-/m0/s1. The minimum Gasteiger partial charge on any atom is -0.383 e. The Kier molecular flexibility index (Phi) is 5.93. The van der Waals surface area contributed by atoms with Gasteiger partial charge < -0.3 is 14.9 Å². The van der Waals surface area contributed by atoms with Crippen LogP contribution >= 0.6 is 0 Å². The van der Waals surface area contributed by atoms with Gasteiger partial charge in [0.15, 0.2) is 0 Å². The monoisotopic (exact) mass is 392 g/mol. The summed E-state index contributed by atoms with van der Waals surface area (Å²) < 4.78 is 38.1. The number of halogens is 3. The maximum Gasteiger partial charge on any atom is 0.433 e. The van der Waals surface area contributed by atoms with E-state index in [9.17, 15) is 23.1 Å². The number of hydrogen-bond donors (Lipinski definition) is 1. The van der Waals surface area contributed by atoms with Gasteiger partial charge in [0.05, 0.1) is 0 Å². The maximum atomic E-state index is 12.7. The zero-order valence-electron chi connectivity index (χ0n) is 14.9. The SMILES string of the molecule is O=CC=CN1CCN(c2ncccc2[C@@H](O)c2ccc(C(F)(F)F)nc2)CC1. The Labute approximate surface area is 159 Å². The van der Waals surface area contributed by atoms with E-state index in [1.807, 2.05) is 9.80 Å². The zero-order valence-corrected chi connectivity index (χ0v) is 14.9. The number of piperazine rings is 1. The van der Waals surface area contributed by atoms with Gasteiger partial charge in [-0.2, -0.15) is 13.2 Å². The van der Waals surface area contributed by atoms with E-state index in [2.05, 4.69) is 9.97 Å². The lowest BCUT2D eigenvalue weighted by Gasteiger charge is -2.36. The zero-order chi connectivity index (χ0) is 20.1. The summed E-state index contributed by atoms with van der Waals surface area (Å²) >= 11 is 0. The second kappa shape index (κ2) is 8.39. The molecule has 0 aliphatic carbocycles. The predicted octanol–water partition coefficient (Wildman–Crippen LogP) is 2.41. The number of allylic oxidation sites excluding steroid dienone is 1. The lowest BCUT2D eigenvalue weighted by atomic mass is 10.0. The molecule has 1 aliphatic rings. The Bertz CT molecular complexity index is 832. The molecule has 0 spiro atoms. The van der Waals surface area contributed by atoms with Gasteiger partial charge in [-0.15, -0.1) is 0 Å². The Hall–Kier alpha value is -2.94. The number of aldehydes is 1. The van der Waals surface area contributed by atoms with E-state index < -0.39 is 18.0 Å². The topological polar surface area (TPSA) is 69.6 Å². The molecule has 1 atom stereocenters. The van der Waals surface area contributed by atoms with Gasteiger partial charge in [-0.1, -0.05) is 12.1 Å². The normalized spacial score (nSPS) is 16.4. The third-order valence-electron chi connectivity index (χ3n) is 4.49. The van der Waals surface area contributed by atoms with Crippen molar-refractivity contribution in [2.24, 2.45) is 0 Å².